The normalized spacial score (nSPS) is 9.53. The third kappa shape index (κ3) is 11.9. The molecule has 0 aliphatic carbocycles. The average Bonchev–Trinajstić information content (AvgIpc) is 2.33. The van der Waals surface area contributed by atoms with Crippen molar-refractivity contribution in [3.8, 4) is 0 Å². The Hall–Kier alpha value is -2.37. The van der Waals surface area contributed by atoms with Crippen LogP contribution in [0.4, 0.5) is 0 Å². The molecule has 0 aliphatic rings. The molecule has 0 spiro atoms. The first-order chi connectivity index (χ1) is 8.76. The summed E-state index contributed by atoms with van der Waals surface area (Å²) < 4.78 is 4.43. The maximum atomic E-state index is 10.8. The van der Waals surface area contributed by atoms with Crippen LogP contribution in [0.1, 0.15) is 20.8 Å². The number of carboxylic acids is 1. The van der Waals surface area contributed by atoms with E-state index < -0.39 is 5.97 Å². The number of rotatable bonds is 5. The Morgan fingerprint density at radius 1 is 1.21 bits per heavy atom. The van der Waals surface area contributed by atoms with Crippen molar-refractivity contribution in [1.82, 2.24) is 4.90 Å². The van der Waals surface area contributed by atoms with Gasteiger partial charge in [-0.3, -0.25) is 14.5 Å². The molecule has 0 aliphatic heterocycles. The van der Waals surface area contributed by atoms with Gasteiger partial charge < -0.3 is 9.84 Å². The highest BCUT2D eigenvalue weighted by molar-refractivity contribution is 5.87. The molecule has 0 unspecified atom stereocenters. The third-order valence-corrected chi connectivity index (χ3v) is 1.63. The molecule has 0 saturated heterocycles. The number of hydrogen-bond donors (Lipinski definition) is 1. The van der Waals surface area contributed by atoms with Gasteiger partial charge in [0.15, 0.2) is 0 Å². The molecule has 0 fully saturated rings. The zero-order chi connectivity index (χ0) is 15.4. The van der Waals surface area contributed by atoms with E-state index in [1.165, 1.54) is 39.2 Å². The lowest BCUT2D eigenvalue weighted by atomic mass is 10.3. The molecule has 0 aromatic heterocycles. The van der Waals surface area contributed by atoms with E-state index in [0.29, 0.717) is 6.61 Å². The van der Waals surface area contributed by atoms with Gasteiger partial charge in [-0.15, -0.1) is 0 Å². The predicted octanol–water partition coefficient (Wildman–Crippen LogP) is 1.70. The van der Waals surface area contributed by atoms with Crippen LogP contribution in [0.3, 0.4) is 0 Å². The smallest absolute Gasteiger partial charge is 0.332 e. The number of carbonyl (C=O) groups is 3. The molecule has 1 N–H and O–H groups in total. The number of carboxylic acid groups (broad SMARTS) is 1. The fourth-order valence-corrected chi connectivity index (χ4v) is 0.712. The Labute approximate surface area is 112 Å². The summed E-state index contributed by atoms with van der Waals surface area (Å²) in [5.41, 5.74) is 0.0881. The molecule has 6 heteroatoms. The van der Waals surface area contributed by atoms with Gasteiger partial charge in [0.1, 0.15) is 6.61 Å². The molecule has 0 radical (unpaired) electrons. The Bertz CT molecular complexity index is 384. The second-order valence-electron chi connectivity index (χ2n) is 3.32. The first-order valence-electron chi connectivity index (χ1n) is 5.33. The van der Waals surface area contributed by atoms with E-state index in [0.717, 1.165) is 4.90 Å². The number of carbonyl (C=O) groups excluding carboxylic acids is 2. The lowest BCUT2D eigenvalue weighted by Crippen LogP contribution is -2.17. The second kappa shape index (κ2) is 10.8. The van der Waals surface area contributed by atoms with Crippen LogP contribution >= 0.6 is 0 Å². The molecule has 0 aromatic carbocycles. The minimum absolute atomic E-state index is 0.0881. The highest BCUT2D eigenvalue weighted by Crippen LogP contribution is 1.98. The molecule has 106 valence electrons. The molecule has 0 bridgehead atoms. The average molecular weight is 269 g/mol. The van der Waals surface area contributed by atoms with E-state index >= 15 is 0 Å². The van der Waals surface area contributed by atoms with Gasteiger partial charge >= 0.3 is 11.9 Å². The summed E-state index contributed by atoms with van der Waals surface area (Å²) in [7, 11) is 0. The summed E-state index contributed by atoms with van der Waals surface area (Å²) in [6, 6.07) is 0. The standard InChI is InChI=1S/C8H11NO3.C5H8O2/c1-4-9(7(3)10)5-6(2)8(11)12;1-3-4-7-5(2)6/h4-5H,1H2,2-3H3,(H,11,12);3H,1,4H2,2H3. The molecule has 6 nitrogen and oxygen atoms in total. The van der Waals surface area contributed by atoms with Crippen molar-refractivity contribution < 1.29 is 24.2 Å². The van der Waals surface area contributed by atoms with E-state index in [9.17, 15) is 14.4 Å². The maximum absolute atomic E-state index is 10.8. The van der Waals surface area contributed by atoms with Gasteiger partial charge in [0.25, 0.3) is 0 Å². The molecule has 0 saturated carbocycles. The number of esters is 1. The third-order valence-electron chi connectivity index (χ3n) is 1.63. The Kier molecular flexibility index (Phi) is 10.8. The topological polar surface area (TPSA) is 83.9 Å². The van der Waals surface area contributed by atoms with Gasteiger partial charge in [0.05, 0.1) is 5.57 Å². The lowest BCUT2D eigenvalue weighted by Gasteiger charge is -2.09. The number of aliphatic carboxylic acids is 1. The highest BCUT2D eigenvalue weighted by atomic mass is 16.5. The molecule has 0 heterocycles. The van der Waals surface area contributed by atoms with E-state index in [4.69, 9.17) is 5.11 Å². The zero-order valence-electron chi connectivity index (χ0n) is 11.4. The number of nitrogens with zero attached hydrogens (tertiary/aromatic N) is 1. The van der Waals surface area contributed by atoms with E-state index in [1.807, 2.05) is 0 Å². The quantitative estimate of drug-likeness (QED) is 0.466. The van der Waals surface area contributed by atoms with E-state index in [-0.39, 0.29) is 17.4 Å². The molecular weight excluding hydrogens is 250 g/mol. The monoisotopic (exact) mass is 269 g/mol. The van der Waals surface area contributed by atoms with Crippen molar-refractivity contribution >= 4 is 17.8 Å². The molecular formula is C13H19NO5. The van der Waals surface area contributed by atoms with Gasteiger partial charge in [-0.1, -0.05) is 19.2 Å². The fourth-order valence-electron chi connectivity index (χ4n) is 0.712. The van der Waals surface area contributed by atoms with Crippen molar-refractivity contribution in [1.29, 1.82) is 0 Å². The Morgan fingerprint density at radius 2 is 1.74 bits per heavy atom. The molecule has 0 rings (SSSR count). The first-order valence-corrected chi connectivity index (χ1v) is 5.33. The van der Waals surface area contributed by atoms with Crippen molar-refractivity contribution in [2.75, 3.05) is 6.61 Å². The Morgan fingerprint density at radius 3 is 1.95 bits per heavy atom. The van der Waals surface area contributed by atoms with E-state index in [2.05, 4.69) is 17.9 Å². The van der Waals surface area contributed by atoms with Crippen molar-refractivity contribution in [3.63, 3.8) is 0 Å². The number of hydrogen-bond acceptors (Lipinski definition) is 4. The van der Waals surface area contributed by atoms with Gasteiger partial charge in [0.2, 0.25) is 5.91 Å². The van der Waals surface area contributed by atoms with Crippen molar-refractivity contribution in [2.24, 2.45) is 0 Å². The number of ether oxygens (including phenoxy) is 1. The minimum Gasteiger partial charge on any atom is -0.478 e. The fraction of sp³-hybridized carbons (Fsp3) is 0.308. The molecule has 0 atom stereocenters. The first kappa shape index (κ1) is 19.0. The summed E-state index contributed by atoms with van der Waals surface area (Å²) in [5.74, 6) is -1.59. The lowest BCUT2D eigenvalue weighted by molar-refractivity contribution is -0.139. The summed E-state index contributed by atoms with van der Waals surface area (Å²) in [6.45, 7) is 11.1. The van der Waals surface area contributed by atoms with Crippen LogP contribution < -0.4 is 0 Å². The zero-order valence-corrected chi connectivity index (χ0v) is 11.4. The Balaban J connectivity index is 0. The van der Waals surface area contributed by atoms with Crippen LogP contribution in [0.2, 0.25) is 0 Å². The maximum Gasteiger partial charge on any atom is 0.332 e. The van der Waals surface area contributed by atoms with Gasteiger partial charge in [-0.05, 0) is 6.92 Å². The summed E-state index contributed by atoms with van der Waals surface area (Å²) in [6.07, 6.45) is 4.01. The number of amides is 1. The minimum atomic E-state index is -1.05. The summed E-state index contributed by atoms with van der Waals surface area (Å²) >= 11 is 0. The largest absolute Gasteiger partial charge is 0.478 e. The van der Waals surface area contributed by atoms with Crippen molar-refractivity contribution in [2.45, 2.75) is 20.8 Å². The van der Waals surface area contributed by atoms with Crippen LogP contribution in [0.15, 0.2) is 37.2 Å². The highest BCUT2D eigenvalue weighted by Gasteiger charge is 2.04. The van der Waals surface area contributed by atoms with Crippen molar-refractivity contribution in [3.05, 3.63) is 37.2 Å². The molecule has 0 aromatic rings. The molecule has 1 amide bonds. The van der Waals surface area contributed by atoms with Crippen LogP contribution in [-0.4, -0.2) is 34.5 Å². The van der Waals surface area contributed by atoms with Gasteiger partial charge in [-0.25, -0.2) is 4.79 Å². The van der Waals surface area contributed by atoms with Crippen LogP contribution in [0, 0.1) is 0 Å². The predicted molar refractivity (Wildman–Crippen MR) is 70.9 cm³/mol. The molecule has 19 heavy (non-hydrogen) atoms. The van der Waals surface area contributed by atoms with Gasteiger partial charge in [-0.2, -0.15) is 0 Å². The summed E-state index contributed by atoms with van der Waals surface area (Å²) in [5, 5.41) is 8.47. The van der Waals surface area contributed by atoms with Crippen LogP contribution in [0.25, 0.3) is 0 Å². The van der Waals surface area contributed by atoms with Gasteiger partial charge in [0, 0.05) is 26.2 Å². The SMILES string of the molecule is C=CCOC(C)=O.C=CN(C=C(C)C(=O)O)C(C)=O. The summed E-state index contributed by atoms with van der Waals surface area (Å²) in [4.78, 5) is 32.1. The van der Waals surface area contributed by atoms with Crippen LogP contribution in [-0.2, 0) is 19.1 Å². The van der Waals surface area contributed by atoms with E-state index in [1.54, 1.807) is 0 Å². The van der Waals surface area contributed by atoms with Crippen LogP contribution in [0.5, 0.6) is 0 Å². The second-order valence-corrected chi connectivity index (χ2v) is 3.32.